The maximum Gasteiger partial charge on any atom is 0.0936 e. The Balaban J connectivity index is 1.96. The first-order chi connectivity index (χ1) is 9.63. The molecule has 1 N–H and O–H groups in total. The number of para-hydroxylation sites is 1. The van der Waals surface area contributed by atoms with Gasteiger partial charge in [0.25, 0.3) is 0 Å². The van der Waals surface area contributed by atoms with Gasteiger partial charge in [0.15, 0.2) is 0 Å². The number of fused-ring (bicyclic) bond motifs is 1. The minimum atomic E-state index is 0.191. The molecule has 20 heavy (non-hydrogen) atoms. The second-order valence-corrected chi connectivity index (χ2v) is 5.14. The monoisotopic (exact) mass is 266 g/mol. The first-order valence-corrected chi connectivity index (χ1v) is 6.75. The van der Waals surface area contributed by atoms with Gasteiger partial charge in [0.05, 0.1) is 23.4 Å². The Morgan fingerprint density at radius 1 is 1.20 bits per heavy atom. The maximum absolute atomic E-state index is 4.64. The van der Waals surface area contributed by atoms with Gasteiger partial charge in [0, 0.05) is 29.9 Å². The van der Waals surface area contributed by atoms with Gasteiger partial charge in [-0.15, -0.1) is 0 Å². The molecule has 0 saturated heterocycles. The summed E-state index contributed by atoms with van der Waals surface area (Å²) in [5.74, 6) is 0. The van der Waals surface area contributed by atoms with Gasteiger partial charge in [-0.3, -0.25) is 9.67 Å². The lowest BCUT2D eigenvalue weighted by molar-refractivity contribution is 0.765. The summed E-state index contributed by atoms with van der Waals surface area (Å²) in [6, 6.07) is 10.5. The quantitative estimate of drug-likeness (QED) is 0.789. The summed E-state index contributed by atoms with van der Waals surface area (Å²) >= 11 is 0. The van der Waals surface area contributed by atoms with Crippen molar-refractivity contribution in [3.8, 4) is 0 Å². The van der Waals surface area contributed by atoms with Gasteiger partial charge >= 0.3 is 0 Å². The fraction of sp³-hybridized carbons (Fsp3) is 0.250. The van der Waals surface area contributed by atoms with E-state index in [-0.39, 0.29) is 6.04 Å². The SMILES string of the molecule is Cc1ccc2cccc(NC(C)c3cnn(C)c3)c2n1. The molecule has 2 aromatic heterocycles. The zero-order valence-corrected chi connectivity index (χ0v) is 12.0. The number of rotatable bonds is 3. The van der Waals surface area contributed by atoms with Gasteiger partial charge in [0.1, 0.15) is 0 Å². The zero-order chi connectivity index (χ0) is 14.1. The zero-order valence-electron chi connectivity index (χ0n) is 12.0. The van der Waals surface area contributed by atoms with Crippen LogP contribution in [0.25, 0.3) is 10.9 Å². The molecule has 0 amide bonds. The molecule has 0 aliphatic heterocycles. The normalized spacial score (nSPS) is 12.6. The molecule has 2 heterocycles. The largest absolute Gasteiger partial charge is 0.377 e. The summed E-state index contributed by atoms with van der Waals surface area (Å²) in [6.07, 6.45) is 3.92. The molecule has 0 radical (unpaired) electrons. The molecule has 0 aliphatic rings. The molecule has 0 fully saturated rings. The molecule has 0 aliphatic carbocycles. The van der Waals surface area contributed by atoms with E-state index in [1.807, 2.05) is 37.1 Å². The van der Waals surface area contributed by atoms with Crippen molar-refractivity contribution < 1.29 is 0 Å². The number of hydrogen-bond donors (Lipinski definition) is 1. The van der Waals surface area contributed by atoms with Crippen molar-refractivity contribution in [1.82, 2.24) is 14.8 Å². The number of benzene rings is 1. The van der Waals surface area contributed by atoms with Gasteiger partial charge in [-0.25, -0.2) is 0 Å². The van der Waals surface area contributed by atoms with E-state index in [4.69, 9.17) is 0 Å². The summed E-state index contributed by atoms with van der Waals surface area (Å²) < 4.78 is 1.82. The Hall–Kier alpha value is -2.36. The first-order valence-electron chi connectivity index (χ1n) is 6.75. The van der Waals surface area contributed by atoms with Crippen molar-refractivity contribution in [2.75, 3.05) is 5.32 Å². The standard InChI is InChI=1S/C16H18N4/c1-11-7-8-13-5-4-6-15(16(13)18-11)19-12(2)14-9-17-20(3)10-14/h4-10,12,19H,1-3H3. The molecule has 1 unspecified atom stereocenters. The van der Waals surface area contributed by atoms with Crippen LogP contribution in [-0.4, -0.2) is 14.8 Å². The molecular formula is C16H18N4. The van der Waals surface area contributed by atoms with Gasteiger partial charge in [0.2, 0.25) is 0 Å². The van der Waals surface area contributed by atoms with Gasteiger partial charge in [-0.2, -0.15) is 5.10 Å². The minimum Gasteiger partial charge on any atom is -0.377 e. The number of aromatic nitrogens is 3. The second kappa shape index (κ2) is 4.96. The molecule has 1 aromatic carbocycles. The van der Waals surface area contributed by atoms with Gasteiger partial charge in [-0.1, -0.05) is 18.2 Å². The molecule has 0 spiro atoms. The Labute approximate surface area is 118 Å². The molecular weight excluding hydrogens is 248 g/mol. The molecule has 3 aromatic rings. The van der Waals surface area contributed by atoms with Crippen LogP contribution < -0.4 is 5.32 Å². The Morgan fingerprint density at radius 2 is 2.05 bits per heavy atom. The maximum atomic E-state index is 4.64. The van der Waals surface area contributed by atoms with Crippen molar-refractivity contribution in [2.24, 2.45) is 7.05 Å². The summed E-state index contributed by atoms with van der Waals surface area (Å²) in [5, 5.41) is 8.89. The number of nitrogens with one attached hydrogen (secondary N) is 1. The molecule has 0 bridgehead atoms. The highest BCUT2D eigenvalue weighted by Gasteiger charge is 2.10. The van der Waals surface area contributed by atoms with E-state index in [0.717, 1.165) is 27.8 Å². The van der Waals surface area contributed by atoms with E-state index >= 15 is 0 Å². The summed E-state index contributed by atoms with van der Waals surface area (Å²) in [4.78, 5) is 4.64. The van der Waals surface area contributed by atoms with E-state index in [0.29, 0.717) is 0 Å². The van der Waals surface area contributed by atoms with Crippen LogP contribution in [0.1, 0.15) is 24.2 Å². The van der Waals surface area contributed by atoms with Crippen LogP contribution in [-0.2, 0) is 7.05 Å². The minimum absolute atomic E-state index is 0.191. The predicted octanol–water partition coefficient (Wildman–Crippen LogP) is 3.45. The van der Waals surface area contributed by atoms with Crippen LogP contribution in [0.5, 0.6) is 0 Å². The van der Waals surface area contributed by atoms with Gasteiger partial charge in [-0.05, 0) is 26.0 Å². The Kier molecular flexibility index (Phi) is 3.14. The highest BCUT2D eigenvalue weighted by atomic mass is 15.2. The van der Waals surface area contributed by atoms with Crippen molar-refractivity contribution in [2.45, 2.75) is 19.9 Å². The molecule has 102 valence electrons. The lowest BCUT2D eigenvalue weighted by Gasteiger charge is -2.15. The second-order valence-electron chi connectivity index (χ2n) is 5.14. The number of hydrogen-bond acceptors (Lipinski definition) is 3. The van der Waals surface area contributed by atoms with E-state index in [9.17, 15) is 0 Å². The fourth-order valence-corrected chi connectivity index (χ4v) is 2.34. The van der Waals surface area contributed by atoms with Crippen molar-refractivity contribution >= 4 is 16.6 Å². The van der Waals surface area contributed by atoms with Crippen LogP contribution in [0.15, 0.2) is 42.7 Å². The molecule has 3 rings (SSSR count). The summed E-state index contributed by atoms with van der Waals surface area (Å²) in [6.45, 7) is 4.15. The molecule has 0 saturated carbocycles. The van der Waals surface area contributed by atoms with E-state index in [1.165, 1.54) is 0 Å². The first kappa shape index (κ1) is 12.7. The number of aryl methyl sites for hydroxylation is 2. The smallest absolute Gasteiger partial charge is 0.0936 e. The van der Waals surface area contributed by atoms with Crippen LogP contribution in [0, 0.1) is 6.92 Å². The third-order valence-electron chi connectivity index (χ3n) is 3.46. The Bertz CT molecular complexity index is 745. The number of pyridine rings is 1. The van der Waals surface area contributed by atoms with Crippen LogP contribution in [0.2, 0.25) is 0 Å². The lowest BCUT2D eigenvalue weighted by Crippen LogP contribution is -2.06. The average molecular weight is 266 g/mol. The van der Waals surface area contributed by atoms with Crippen molar-refractivity contribution in [3.63, 3.8) is 0 Å². The number of anilines is 1. The van der Waals surface area contributed by atoms with Crippen molar-refractivity contribution in [1.29, 1.82) is 0 Å². The van der Waals surface area contributed by atoms with E-state index in [2.05, 4.69) is 46.6 Å². The number of nitrogens with zero attached hydrogens (tertiary/aromatic N) is 3. The van der Waals surface area contributed by atoms with Gasteiger partial charge < -0.3 is 5.32 Å². The van der Waals surface area contributed by atoms with Crippen LogP contribution in [0.4, 0.5) is 5.69 Å². The highest BCUT2D eigenvalue weighted by molar-refractivity contribution is 5.90. The molecule has 1 atom stereocenters. The topological polar surface area (TPSA) is 42.7 Å². The Morgan fingerprint density at radius 3 is 2.80 bits per heavy atom. The molecule has 4 nitrogen and oxygen atoms in total. The van der Waals surface area contributed by atoms with E-state index in [1.54, 1.807) is 0 Å². The fourth-order valence-electron chi connectivity index (χ4n) is 2.34. The summed E-state index contributed by atoms with van der Waals surface area (Å²) in [7, 11) is 1.93. The van der Waals surface area contributed by atoms with E-state index < -0.39 is 0 Å². The van der Waals surface area contributed by atoms with Crippen molar-refractivity contribution in [3.05, 3.63) is 54.0 Å². The van der Waals surface area contributed by atoms with Crippen LogP contribution >= 0.6 is 0 Å². The predicted molar refractivity (Wildman–Crippen MR) is 81.7 cm³/mol. The average Bonchev–Trinajstić information content (AvgIpc) is 2.86. The summed E-state index contributed by atoms with van der Waals surface area (Å²) in [5.41, 5.74) is 4.27. The third kappa shape index (κ3) is 2.37. The van der Waals surface area contributed by atoms with Crippen LogP contribution in [0.3, 0.4) is 0 Å². The lowest BCUT2D eigenvalue weighted by atomic mass is 10.1. The molecule has 4 heteroatoms. The third-order valence-corrected chi connectivity index (χ3v) is 3.46. The highest BCUT2D eigenvalue weighted by Crippen LogP contribution is 2.25.